The van der Waals surface area contributed by atoms with E-state index in [-0.39, 0.29) is 4.90 Å². The summed E-state index contributed by atoms with van der Waals surface area (Å²) in [6, 6.07) is 6.40. The van der Waals surface area contributed by atoms with Crippen LogP contribution in [0.1, 0.15) is 5.56 Å². The summed E-state index contributed by atoms with van der Waals surface area (Å²) < 4.78 is 28.4. The Balaban J connectivity index is 2.32. The smallest absolute Gasteiger partial charge is 0.207 e. The van der Waals surface area contributed by atoms with Crippen LogP contribution in [0, 0.1) is 6.92 Å². The second-order valence-corrected chi connectivity index (χ2v) is 5.66. The Morgan fingerprint density at radius 3 is 2.40 bits per heavy atom. The van der Waals surface area contributed by atoms with Crippen molar-refractivity contribution in [2.75, 3.05) is 6.61 Å². The number of benzene rings is 1. The molecule has 0 aliphatic carbocycles. The van der Waals surface area contributed by atoms with Crippen LogP contribution in [-0.2, 0) is 14.6 Å². The molecule has 15 heavy (non-hydrogen) atoms. The number of sulfone groups is 1. The zero-order valence-corrected chi connectivity index (χ0v) is 9.07. The van der Waals surface area contributed by atoms with Crippen LogP contribution in [0.3, 0.4) is 0 Å². The predicted octanol–water partition coefficient (Wildman–Crippen LogP) is 0.486. The van der Waals surface area contributed by atoms with Crippen molar-refractivity contribution >= 4 is 9.84 Å². The second kappa shape index (κ2) is 3.59. The van der Waals surface area contributed by atoms with Crippen LogP contribution in [0.5, 0.6) is 0 Å². The van der Waals surface area contributed by atoms with Gasteiger partial charge in [-0.05, 0) is 19.1 Å². The lowest BCUT2D eigenvalue weighted by molar-refractivity contribution is 0.201. The number of hydrogen-bond donors (Lipinski definition) is 1. The summed E-state index contributed by atoms with van der Waals surface area (Å²) in [5.41, 5.74) is -0.466. The van der Waals surface area contributed by atoms with Gasteiger partial charge in [0.25, 0.3) is 0 Å². The molecule has 0 saturated carbocycles. The summed E-state index contributed by atoms with van der Waals surface area (Å²) in [6.45, 7) is 2.18. The maximum absolute atomic E-state index is 11.8. The molecule has 2 rings (SSSR count). The molecule has 0 radical (unpaired) electrons. The second-order valence-electron chi connectivity index (χ2n) is 3.62. The Morgan fingerprint density at radius 2 is 1.93 bits per heavy atom. The summed E-state index contributed by atoms with van der Waals surface area (Å²) in [5, 5.41) is 9.53. The molecular formula is C10H12O4S. The van der Waals surface area contributed by atoms with E-state index < -0.39 is 21.4 Å². The Hall–Kier alpha value is -0.910. The largest absolute Gasteiger partial charge is 0.375 e. The fourth-order valence-corrected chi connectivity index (χ4v) is 2.64. The summed E-state index contributed by atoms with van der Waals surface area (Å²) in [5.74, 6) is 0. The SMILES string of the molecule is Cc1ccc(S(=O)(=O)C(O)C2CO2)cc1. The highest BCUT2D eigenvalue weighted by Crippen LogP contribution is 2.24. The fourth-order valence-electron chi connectivity index (χ4n) is 1.29. The van der Waals surface area contributed by atoms with Gasteiger partial charge in [0, 0.05) is 0 Å². The van der Waals surface area contributed by atoms with Crippen molar-refractivity contribution < 1.29 is 18.3 Å². The number of hydrogen-bond acceptors (Lipinski definition) is 4. The van der Waals surface area contributed by atoms with Crippen LogP contribution in [0.15, 0.2) is 29.2 Å². The molecule has 0 bridgehead atoms. The molecule has 2 unspecified atom stereocenters. The molecule has 0 aromatic heterocycles. The molecular weight excluding hydrogens is 216 g/mol. The van der Waals surface area contributed by atoms with Gasteiger partial charge in [-0.1, -0.05) is 17.7 Å². The number of ether oxygens (including phenoxy) is 1. The lowest BCUT2D eigenvalue weighted by Crippen LogP contribution is -2.26. The van der Waals surface area contributed by atoms with E-state index in [1.807, 2.05) is 6.92 Å². The molecule has 5 heteroatoms. The molecule has 0 spiro atoms. The molecule has 0 amide bonds. The van der Waals surface area contributed by atoms with Crippen LogP contribution < -0.4 is 0 Å². The lowest BCUT2D eigenvalue weighted by Gasteiger charge is -2.09. The van der Waals surface area contributed by atoms with Crippen molar-refractivity contribution in [3.8, 4) is 0 Å². The maximum atomic E-state index is 11.8. The first-order chi connectivity index (χ1) is 7.01. The van der Waals surface area contributed by atoms with Crippen LogP contribution in [-0.4, -0.2) is 31.7 Å². The first kappa shape index (κ1) is 10.6. The third-order valence-corrected chi connectivity index (χ3v) is 4.21. The van der Waals surface area contributed by atoms with Gasteiger partial charge in [0.2, 0.25) is 9.84 Å². The normalized spacial score (nSPS) is 22.4. The molecule has 2 atom stereocenters. The zero-order chi connectivity index (χ0) is 11.1. The van der Waals surface area contributed by atoms with Crippen LogP contribution in [0.2, 0.25) is 0 Å². The zero-order valence-electron chi connectivity index (χ0n) is 8.25. The Labute approximate surface area is 88.4 Å². The molecule has 1 N–H and O–H groups in total. The van der Waals surface area contributed by atoms with E-state index in [2.05, 4.69) is 0 Å². The van der Waals surface area contributed by atoms with Crippen LogP contribution in [0.4, 0.5) is 0 Å². The van der Waals surface area contributed by atoms with Gasteiger partial charge in [-0.3, -0.25) is 0 Å². The Morgan fingerprint density at radius 1 is 1.40 bits per heavy atom. The summed E-state index contributed by atoms with van der Waals surface area (Å²) in [4.78, 5) is 0.135. The lowest BCUT2D eigenvalue weighted by atomic mass is 10.2. The van der Waals surface area contributed by atoms with Crippen molar-refractivity contribution in [1.82, 2.24) is 0 Å². The van der Waals surface area contributed by atoms with Gasteiger partial charge in [0.1, 0.15) is 6.10 Å². The molecule has 82 valence electrons. The minimum absolute atomic E-state index is 0.135. The molecule has 1 fully saturated rings. The monoisotopic (exact) mass is 228 g/mol. The van der Waals surface area contributed by atoms with Crippen molar-refractivity contribution in [1.29, 1.82) is 0 Å². The van der Waals surface area contributed by atoms with Crippen LogP contribution in [0.25, 0.3) is 0 Å². The van der Waals surface area contributed by atoms with E-state index in [9.17, 15) is 13.5 Å². The summed E-state index contributed by atoms with van der Waals surface area (Å²) in [6.07, 6.45) is -0.559. The van der Waals surface area contributed by atoms with Crippen molar-refractivity contribution in [3.05, 3.63) is 29.8 Å². The van der Waals surface area contributed by atoms with Crippen molar-refractivity contribution in [3.63, 3.8) is 0 Å². The number of aryl methyl sites for hydroxylation is 1. The minimum Gasteiger partial charge on any atom is -0.375 e. The van der Waals surface area contributed by atoms with Gasteiger partial charge in [0.05, 0.1) is 11.5 Å². The van der Waals surface area contributed by atoms with Crippen molar-refractivity contribution in [2.24, 2.45) is 0 Å². The van der Waals surface area contributed by atoms with Gasteiger partial charge < -0.3 is 9.84 Å². The van der Waals surface area contributed by atoms with E-state index >= 15 is 0 Å². The molecule has 1 aromatic carbocycles. The third-order valence-electron chi connectivity index (χ3n) is 2.34. The maximum Gasteiger partial charge on any atom is 0.207 e. The van der Waals surface area contributed by atoms with E-state index in [1.54, 1.807) is 12.1 Å². The van der Waals surface area contributed by atoms with Crippen LogP contribution >= 0.6 is 0 Å². The molecule has 1 saturated heterocycles. The standard InChI is InChI=1S/C10H12O4S/c1-7-2-4-8(5-3-7)15(12,13)10(11)9-6-14-9/h2-5,9-11H,6H2,1H3. The van der Waals surface area contributed by atoms with Gasteiger partial charge in [-0.25, -0.2) is 8.42 Å². The first-order valence-electron chi connectivity index (χ1n) is 4.62. The minimum atomic E-state index is -3.66. The number of epoxide rings is 1. The van der Waals surface area contributed by atoms with Gasteiger partial charge in [-0.15, -0.1) is 0 Å². The topological polar surface area (TPSA) is 66.9 Å². The molecule has 1 aromatic rings. The van der Waals surface area contributed by atoms with E-state index in [1.165, 1.54) is 12.1 Å². The number of aliphatic hydroxyl groups excluding tert-OH is 1. The summed E-state index contributed by atoms with van der Waals surface area (Å²) in [7, 11) is -3.66. The van der Waals surface area contributed by atoms with E-state index in [0.717, 1.165) is 5.56 Å². The highest BCUT2D eigenvalue weighted by Gasteiger charge is 2.40. The van der Waals surface area contributed by atoms with Gasteiger partial charge in [-0.2, -0.15) is 0 Å². The highest BCUT2D eigenvalue weighted by molar-refractivity contribution is 7.92. The highest BCUT2D eigenvalue weighted by atomic mass is 32.2. The average molecular weight is 228 g/mol. The van der Waals surface area contributed by atoms with Gasteiger partial charge >= 0.3 is 0 Å². The van der Waals surface area contributed by atoms with E-state index in [0.29, 0.717) is 6.61 Å². The number of rotatable bonds is 3. The quantitative estimate of drug-likeness (QED) is 0.764. The Bertz CT molecular complexity index is 445. The molecule has 1 aliphatic rings. The molecule has 1 heterocycles. The Kier molecular flexibility index (Phi) is 2.54. The summed E-state index contributed by atoms with van der Waals surface area (Å²) >= 11 is 0. The predicted molar refractivity (Wildman–Crippen MR) is 54.1 cm³/mol. The fraction of sp³-hybridized carbons (Fsp3) is 0.400. The number of aliphatic hydroxyl groups is 1. The molecule has 1 aliphatic heterocycles. The third kappa shape index (κ3) is 2.04. The first-order valence-corrected chi connectivity index (χ1v) is 6.17. The average Bonchev–Trinajstić information content (AvgIpc) is 3.00. The van der Waals surface area contributed by atoms with E-state index in [4.69, 9.17) is 4.74 Å². The van der Waals surface area contributed by atoms with Crippen molar-refractivity contribution in [2.45, 2.75) is 23.4 Å². The van der Waals surface area contributed by atoms with Gasteiger partial charge in [0.15, 0.2) is 5.44 Å². The molecule has 4 nitrogen and oxygen atoms in total.